The summed E-state index contributed by atoms with van der Waals surface area (Å²) in [4.78, 5) is 0. The molecule has 2 aliphatic rings. The van der Waals surface area contributed by atoms with Gasteiger partial charge in [-0.25, -0.2) is 0 Å². The second-order valence-electron chi connectivity index (χ2n) is 8.11. The van der Waals surface area contributed by atoms with Crippen LogP contribution < -0.4 is 0 Å². The monoisotopic (exact) mass is 414 g/mol. The summed E-state index contributed by atoms with van der Waals surface area (Å²) in [7, 11) is 1.62. The molecule has 0 amide bonds. The molecule has 2 heterocycles. The van der Waals surface area contributed by atoms with Gasteiger partial charge in [0.2, 0.25) is 0 Å². The first-order valence-corrected chi connectivity index (χ1v) is 10.4. The lowest BCUT2D eigenvalue weighted by Gasteiger charge is -2.41. The molecule has 0 spiro atoms. The Kier molecular flexibility index (Phi) is 6.83. The number of hydrogen-bond acceptors (Lipinski definition) is 6. The average Bonchev–Trinajstić information content (AvgIpc) is 3.09. The van der Waals surface area contributed by atoms with Gasteiger partial charge in [-0.1, -0.05) is 60.7 Å². The van der Waals surface area contributed by atoms with Crippen molar-refractivity contribution in [1.29, 1.82) is 0 Å². The van der Waals surface area contributed by atoms with Gasteiger partial charge in [-0.2, -0.15) is 0 Å². The molecule has 2 aromatic carbocycles. The fourth-order valence-electron chi connectivity index (χ4n) is 3.97. The second kappa shape index (κ2) is 9.56. The Labute approximate surface area is 178 Å². The van der Waals surface area contributed by atoms with Crippen molar-refractivity contribution < 1.29 is 28.4 Å². The minimum absolute atomic E-state index is 0.303. The second-order valence-corrected chi connectivity index (χ2v) is 8.11. The van der Waals surface area contributed by atoms with Crippen molar-refractivity contribution in [3.8, 4) is 0 Å². The van der Waals surface area contributed by atoms with E-state index in [-0.39, 0.29) is 18.3 Å². The molecule has 30 heavy (non-hydrogen) atoms. The van der Waals surface area contributed by atoms with Crippen LogP contribution in [0.3, 0.4) is 0 Å². The van der Waals surface area contributed by atoms with Gasteiger partial charge in [0.25, 0.3) is 0 Å². The first-order chi connectivity index (χ1) is 14.6. The standard InChI is InChI=1S/C24H30O6/c1-24(2)29-20-19(16-26-14-17-10-6-4-7-11-17)28-23(25-3)22(21(20)30-24)27-15-18-12-8-5-9-13-18/h4-13,19-23H,14-16H2,1-3H3/t19-,20+,21+,22+,23-/m1/s1. The summed E-state index contributed by atoms with van der Waals surface area (Å²) >= 11 is 0. The highest BCUT2D eigenvalue weighted by Crippen LogP contribution is 2.39. The molecule has 0 saturated carbocycles. The van der Waals surface area contributed by atoms with Gasteiger partial charge in [-0.15, -0.1) is 0 Å². The van der Waals surface area contributed by atoms with Crippen LogP contribution in [-0.4, -0.2) is 50.2 Å². The molecule has 6 nitrogen and oxygen atoms in total. The summed E-state index contributed by atoms with van der Waals surface area (Å²) in [6.07, 6.45) is -1.91. The molecule has 0 aromatic heterocycles. The number of hydrogen-bond donors (Lipinski definition) is 0. The predicted octanol–water partition coefficient (Wildman–Crippen LogP) is 3.68. The van der Waals surface area contributed by atoms with Crippen LogP contribution in [0.4, 0.5) is 0 Å². The maximum Gasteiger partial charge on any atom is 0.186 e. The first kappa shape index (κ1) is 21.4. The van der Waals surface area contributed by atoms with Gasteiger partial charge in [0, 0.05) is 7.11 Å². The van der Waals surface area contributed by atoms with E-state index < -0.39 is 18.2 Å². The van der Waals surface area contributed by atoms with E-state index in [2.05, 4.69) is 0 Å². The molecule has 0 bridgehead atoms. The highest BCUT2D eigenvalue weighted by molar-refractivity contribution is 5.14. The largest absolute Gasteiger partial charge is 0.374 e. The smallest absolute Gasteiger partial charge is 0.186 e. The summed E-state index contributed by atoms with van der Waals surface area (Å²) in [6, 6.07) is 20.1. The summed E-state index contributed by atoms with van der Waals surface area (Å²) in [6.45, 7) is 5.14. The number of benzene rings is 2. The summed E-state index contributed by atoms with van der Waals surface area (Å²) in [5.74, 6) is -0.729. The summed E-state index contributed by atoms with van der Waals surface area (Å²) in [5.41, 5.74) is 2.19. The lowest BCUT2D eigenvalue weighted by molar-refractivity contribution is -0.288. The quantitative estimate of drug-likeness (QED) is 0.657. The van der Waals surface area contributed by atoms with Gasteiger partial charge in [0.15, 0.2) is 12.1 Å². The maximum absolute atomic E-state index is 6.22. The Hall–Kier alpha value is -1.80. The van der Waals surface area contributed by atoms with E-state index in [9.17, 15) is 0 Å². The van der Waals surface area contributed by atoms with Crippen molar-refractivity contribution in [1.82, 2.24) is 0 Å². The van der Waals surface area contributed by atoms with Gasteiger partial charge in [-0.3, -0.25) is 0 Å². The van der Waals surface area contributed by atoms with Crippen molar-refractivity contribution in [2.24, 2.45) is 0 Å². The van der Waals surface area contributed by atoms with Crippen molar-refractivity contribution in [2.45, 2.75) is 63.6 Å². The van der Waals surface area contributed by atoms with Gasteiger partial charge in [-0.05, 0) is 25.0 Å². The van der Waals surface area contributed by atoms with E-state index in [4.69, 9.17) is 28.4 Å². The molecule has 6 heteroatoms. The van der Waals surface area contributed by atoms with Crippen LogP contribution >= 0.6 is 0 Å². The molecule has 0 N–H and O–H groups in total. The molecular formula is C24H30O6. The molecule has 0 radical (unpaired) electrons. The lowest BCUT2D eigenvalue weighted by Crippen LogP contribution is -2.58. The van der Waals surface area contributed by atoms with Crippen LogP contribution in [0.15, 0.2) is 60.7 Å². The SMILES string of the molecule is CO[C@@H]1O[C@H](COCc2ccccc2)[C@@H]2OC(C)(C)O[C@@H]2[C@@H]1OCc1ccccc1. The van der Waals surface area contributed by atoms with E-state index in [0.29, 0.717) is 19.8 Å². The Morgan fingerprint density at radius 3 is 2.07 bits per heavy atom. The zero-order valence-electron chi connectivity index (χ0n) is 17.7. The third-order valence-corrected chi connectivity index (χ3v) is 5.34. The highest BCUT2D eigenvalue weighted by Gasteiger charge is 2.56. The molecule has 2 aromatic rings. The van der Waals surface area contributed by atoms with E-state index in [1.807, 2.05) is 74.5 Å². The van der Waals surface area contributed by atoms with E-state index in [0.717, 1.165) is 11.1 Å². The number of rotatable bonds is 8. The van der Waals surface area contributed by atoms with E-state index in [1.165, 1.54) is 0 Å². The lowest BCUT2D eigenvalue weighted by atomic mass is 9.99. The first-order valence-electron chi connectivity index (χ1n) is 10.4. The van der Waals surface area contributed by atoms with Crippen molar-refractivity contribution in [2.75, 3.05) is 13.7 Å². The highest BCUT2D eigenvalue weighted by atomic mass is 16.8. The Balaban J connectivity index is 1.43. The van der Waals surface area contributed by atoms with Gasteiger partial charge in [0.1, 0.15) is 24.4 Å². The minimum atomic E-state index is -0.729. The van der Waals surface area contributed by atoms with E-state index >= 15 is 0 Å². The van der Waals surface area contributed by atoms with Crippen molar-refractivity contribution in [3.05, 3.63) is 71.8 Å². The normalized spacial score (nSPS) is 30.2. The Morgan fingerprint density at radius 2 is 1.43 bits per heavy atom. The predicted molar refractivity (Wildman–Crippen MR) is 111 cm³/mol. The Morgan fingerprint density at radius 1 is 0.833 bits per heavy atom. The average molecular weight is 414 g/mol. The fraction of sp³-hybridized carbons (Fsp3) is 0.500. The van der Waals surface area contributed by atoms with Crippen LogP contribution in [0.5, 0.6) is 0 Å². The van der Waals surface area contributed by atoms with Crippen molar-refractivity contribution in [3.63, 3.8) is 0 Å². The number of methoxy groups -OCH3 is 1. The maximum atomic E-state index is 6.22. The van der Waals surface area contributed by atoms with Crippen LogP contribution in [0, 0.1) is 0 Å². The third kappa shape index (κ3) is 5.09. The van der Waals surface area contributed by atoms with Crippen LogP contribution in [0.25, 0.3) is 0 Å². The van der Waals surface area contributed by atoms with Gasteiger partial charge >= 0.3 is 0 Å². The zero-order valence-corrected chi connectivity index (χ0v) is 17.7. The molecular weight excluding hydrogens is 384 g/mol. The minimum Gasteiger partial charge on any atom is -0.374 e. The van der Waals surface area contributed by atoms with Gasteiger partial charge < -0.3 is 28.4 Å². The molecule has 0 aliphatic carbocycles. The molecule has 2 saturated heterocycles. The summed E-state index contributed by atoms with van der Waals surface area (Å²) in [5, 5.41) is 0. The van der Waals surface area contributed by atoms with Crippen LogP contribution in [0.1, 0.15) is 25.0 Å². The molecule has 162 valence electrons. The molecule has 2 aliphatic heterocycles. The number of fused-ring (bicyclic) bond motifs is 1. The Bertz CT molecular complexity index is 781. The molecule has 0 unspecified atom stereocenters. The summed E-state index contributed by atoms with van der Waals surface area (Å²) < 4.78 is 36.4. The van der Waals surface area contributed by atoms with Crippen LogP contribution in [0.2, 0.25) is 0 Å². The third-order valence-electron chi connectivity index (χ3n) is 5.34. The number of ether oxygens (including phenoxy) is 6. The fourth-order valence-corrected chi connectivity index (χ4v) is 3.97. The van der Waals surface area contributed by atoms with Gasteiger partial charge in [0.05, 0.1) is 19.8 Å². The molecule has 4 rings (SSSR count). The molecule has 2 fully saturated rings. The van der Waals surface area contributed by atoms with Crippen LogP contribution in [-0.2, 0) is 41.6 Å². The molecule has 5 atom stereocenters. The topological polar surface area (TPSA) is 55.4 Å². The van der Waals surface area contributed by atoms with E-state index in [1.54, 1.807) is 7.11 Å². The zero-order chi connectivity index (χ0) is 21.0. The van der Waals surface area contributed by atoms with Crippen molar-refractivity contribution >= 4 is 0 Å².